The van der Waals surface area contributed by atoms with E-state index in [1.807, 2.05) is 0 Å². The Labute approximate surface area is 165 Å². The minimum absolute atomic E-state index is 0.262. The first kappa shape index (κ1) is 20.9. The number of aliphatic carboxylic acids is 2. The molecular formula is C20H18N4O5. The van der Waals surface area contributed by atoms with Crippen LogP contribution in [-0.4, -0.2) is 34.0 Å². The second-order valence-corrected chi connectivity index (χ2v) is 5.76. The summed E-state index contributed by atoms with van der Waals surface area (Å²) >= 11 is 0. The van der Waals surface area contributed by atoms with E-state index in [1.165, 1.54) is 24.3 Å². The Bertz CT molecular complexity index is 1030. The van der Waals surface area contributed by atoms with E-state index >= 15 is 0 Å². The van der Waals surface area contributed by atoms with Crippen LogP contribution in [0.4, 0.5) is 11.4 Å². The van der Waals surface area contributed by atoms with Gasteiger partial charge < -0.3 is 26.6 Å². The summed E-state index contributed by atoms with van der Waals surface area (Å²) in [6.07, 6.45) is 4.47. The number of hydrogen-bond acceptors (Lipinski definition) is 4. The van der Waals surface area contributed by atoms with Gasteiger partial charge in [-0.15, -0.1) is 0 Å². The van der Waals surface area contributed by atoms with Gasteiger partial charge in [0.15, 0.2) is 5.96 Å². The minimum Gasteiger partial charge on any atom is -0.478 e. The number of carbonyl (C=O) groups excluding carboxylic acids is 1. The third-order valence-electron chi connectivity index (χ3n) is 3.56. The number of benzene rings is 2. The molecule has 0 spiro atoms. The highest BCUT2D eigenvalue weighted by molar-refractivity contribution is 6.05. The first-order chi connectivity index (χ1) is 13.7. The number of carboxylic acids is 2. The van der Waals surface area contributed by atoms with Crippen LogP contribution in [-0.2, 0) is 9.59 Å². The summed E-state index contributed by atoms with van der Waals surface area (Å²) < 4.78 is 0. The highest BCUT2D eigenvalue weighted by atomic mass is 16.4. The number of hydrogen-bond donors (Lipinski definition) is 6. The van der Waals surface area contributed by atoms with E-state index in [2.05, 4.69) is 10.6 Å². The Balaban J connectivity index is 2.29. The van der Waals surface area contributed by atoms with Gasteiger partial charge in [0, 0.05) is 29.1 Å². The number of nitrogens with two attached hydrogens (primary N) is 1. The Kier molecular flexibility index (Phi) is 6.86. The Morgan fingerprint density at radius 3 is 2.10 bits per heavy atom. The molecule has 0 atom stereocenters. The summed E-state index contributed by atoms with van der Waals surface area (Å²) in [7, 11) is 0. The third-order valence-corrected chi connectivity index (χ3v) is 3.56. The maximum Gasteiger partial charge on any atom is 0.328 e. The molecule has 0 aliphatic heterocycles. The number of amides is 1. The van der Waals surface area contributed by atoms with Gasteiger partial charge in [-0.1, -0.05) is 12.1 Å². The molecule has 2 aromatic rings. The topological polar surface area (TPSA) is 166 Å². The standard InChI is InChI=1S/C20H18N4O5/c21-20(22)24-15-3-1-2-14(11-15)19(29)23-16-7-4-12(5-8-17(25)26)13(10-16)6-9-18(27)28/h1-11H,(H,23,29)(H,25,26)(H,27,28)(H4,21,22,24). The molecule has 0 heterocycles. The van der Waals surface area contributed by atoms with Crippen molar-refractivity contribution in [1.29, 1.82) is 5.41 Å². The van der Waals surface area contributed by atoms with E-state index in [1.54, 1.807) is 30.3 Å². The van der Waals surface area contributed by atoms with E-state index < -0.39 is 17.8 Å². The lowest BCUT2D eigenvalue weighted by molar-refractivity contribution is -0.132. The molecule has 0 aliphatic rings. The highest BCUT2D eigenvalue weighted by Crippen LogP contribution is 2.20. The fourth-order valence-electron chi connectivity index (χ4n) is 2.37. The van der Waals surface area contributed by atoms with Crippen molar-refractivity contribution in [3.63, 3.8) is 0 Å². The molecule has 0 unspecified atom stereocenters. The number of carboxylic acid groups (broad SMARTS) is 2. The van der Waals surface area contributed by atoms with Crippen molar-refractivity contribution in [2.75, 3.05) is 10.6 Å². The van der Waals surface area contributed by atoms with Crippen molar-refractivity contribution in [2.45, 2.75) is 0 Å². The molecule has 2 rings (SSSR count). The normalized spacial score (nSPS) is 10.8. The van der Waals surface area contributed by atoms with Crippen molar-refractivity contribution in [1.82, 2.24) is 0 Å². The van der Waals surface area contributed by atoms with Crippen LogP contribution in [0.1, 0.15) is 21.5 Å². The van der Waals surface area contributed by atoms with Crippen molar-refractivity contribution in [2.24, 2.45) is 5.73 Å². The molecule has 7 N–H and O–H groups in total. The minimum atomic E-state index is -1.16. The first-order valence-electron chi connectivity index (χ1n) is 8.23. The molecule has 148 valence electrons. The zero-order chi connectivity index (χ0) is 21.4. The van der Waals surface area contributed by atoms with Crippen molar-refractivity contribution >= 4 is 47.3 Å². The number of rotatable bonds is 7. The first-order valence-corrected chi connectivity index (χ1v) is 8.23. The summed E-state index contributed by atoms with van der Waals surface area (Å²) in [5.74, 6) is -3.00. The van der Waals surface area contributed by atoms with Gasteiger partial charge in [-0.3, -0.25) is 10.2 Å². The number of guanidine groups is 1. The van der Waals surface area contributed by atoms with Crippen LogP contribution in [0.15, 0.2) is 54.6 Å². The Morgan fingerprint density at radius 2 is 1.48 bits per heavy atom. The quantitative estimate of drug-likeness (QED) is 0.238. The molecule has 2 aromatic carbocycles. The monoisotopic (exact) mass is 394 g/mol. The van der Waals surface area contributed by atoms with Crippen LogP contribution in [0, 0.1) is 5.41 Å². The number of nitrogens with one attached hydrogen (secondary N) is 3. The molecule has 0 aromatic heterocycles. The second kappa shape index (κ2) is 9.51. The van der Waals surface area contributed by atoms with Crippen LogP contribution in [0.3, 0.4) is 0 Å². The zero-order valence-corrected chi connectivity index (χ0v) is 15.0. The van der Waals surface area contributed by atoms with Gasteiger partial charge in [0.1, 0.15) is 0 Å². The maximum atomic E-state index is 12.5. The molecule has 0 fully saturated rings. The van der Waals surface area contributed by atoms with Gasteiger partial charge in [-0.05, 0) is 53.6 Å². The highest BCUT2D eigenvalue weighted by Gasteiger charge is 2.09. The van der Waals surface area contributed by atoms with Gasteiger partial charge >= 0.3 is 11.9 Å². The van der Waals surface area contributed by atoms with E-state index in [0.717, 1.165) is 12.2 Å². The van der Waals surface area contributed by atoms with E-state index in [4.69, 9.17) is 21.4 Å². The van der Waals surface area contributed by atoms with Crippen LogP contribution >= 0.6 is 0 Å². The maximum absolute atomic E-state index is 12.5. The van der Waals surface area contributed by atoms with Crippen LogP contribution in [0.5, 0.6) is 0 Å². The number of carbonyl (C=O) groups is 3. The second-order valence-electron chi connectivity index (χ2n) is 5.76. The molecule has 1 amide bonds. The average molecular weight is 394 g/mol. The molecule has 29 heavy (non-hydrogen) atoms. The van der Waals surface area contributed by atoms with Crippen LogP contribution in [0.2, 0.25) is 0 Å². The predicted molar refractivity (Wildman–Crippen MR) is 110 cm³/mol. The Morgan fingerprint density at radius 1 is 0.862 bits per heavy atom. The fourth-order valence-corrected chi connectivity index (χ4v) is 2.37. The molecule has 0 bridgehead atoms. The lowest BCUT2D eigenvalue weighted by Crippen LogP contribution is -2.20. The van der Waals surface area contributed by atoms with Gasteiger partial charge in [0.05, 0.1) is 0 Å². The SMILES string of the molecule is N=C(N)Nc1cccc(C(=O)Nc2ccc(C=CC(=O)O)c(C=CC(=O)O)c2)c1. The summed E-state index contributed by atoms with van der Waals surface area (Å²) in [5.41, 5.74) is 7.34. The zero-order valence-electron chi connectivity index (χ0n) is 15.0. The van der Waals surface area contributed by atoms with Crippen molar-refractivity contribution < 1.29 is 24.6 Å². The number of anilines is 2. The molecule has 0 radical (unpaired) electrons. The molecule has 0 saturated heterocycles. The average Bonchev–Trinajstić information content (AvgIpc) is 2.65. The van der Waals surface area contributed by atoms with Gasteiger partial charge in [-0.2, -0.15) is 0 Å². The van der Waals surface area contributed by atoms with Crippen LogP contribution < -0.4 is 16.4 Å². The van der Waals surface area contributed by atoms with Crippen LogP contribution in [0.25, 0.3) is 12.2 Å². The van der Waals surface area contributed by atoms with Gasteiger partial charge in [0.25, 0.3) is 5.91 Å². The smallest absolute Gasteiger partial charge is 0.328 e. The largest absolute Gasteiger partial charge is 0.478 e. The molecule has 0 saturated carbocycles. The predicted octanol–water partition coefficient (Wildman–Crippen LogP) is 2.44. The molecule has 9 heteroatoms. The summed E-state index contributed by atoms with van der Waals surface area (Å²) in [6.45, 7) is 0. The summed E-state index contributed by atoms with van der Waals surface area (Å²) in [5, 5.41) is 30.1. The lowest BCUT2D eigenvalue weighted by Gasteiger charge is -2.10. The van der Waals surface area contributed by atoms with E-state index in [-0.39, 0.29) is 5.96 Å². The van der Waals surface area contributed by atoms with E-state index in [9.17, 15) is 14.4 Å². The van der Waals surface area contributed by atoms with Crippen molar-refractivity contribution in [3.05, 3.63) is 71.3 Å². The van der Waals surface area contributed by atoms with Gasteiger partial charge in [0.2, 0.25) is 0 Å². The Hall–Kier alpha value is -4.40. The van der Waals surface area contributed by atoms with Gasteiger partial charge in [-0.25, -0.2) is 9.59 Å². The molecular weight excluding hydrogens is 376 g/mol. The summed E-state index contributed by atoms with van der Waals surface area (Å²) in [4.78, 5) is 34.0. The molecule has 0 aliphatic carbocycles. The molecule has 9 nitrogen and oxygen atoms in total. The fraction of sp³-hybridized carbons (Fsp3) is 0. The van der Waals surface area contributed by atoms with Crippen molar-refractivity contribution in [3.8, 4) is 0 Å². The summed E-state index contributed by atoms with van der Waals surface area (Å²) in [6, 6.07) is 11.0. The third kappa shape index (κ3) is 6.68. The lowest BCUT2D eigenvalue weighted by atomic mass is 10.0. The van der Waals surface area contributed by atoms with E-state index in [0.29, 0.717) is 28.1 Å².